The summed E-state index contributed by atoms with van der Waals surface area (Å²) >= 11 is 0. The summed E-state index contributed by atoms with van der Waals surface area (Å²) in [6.07, 6.45) is 3.34. The summed E-state index contributed by atoms with van der Waals surface area (Å²) in [5.74, 6) is 1.07. The van der Waals surface area contributed by atoms with Gasteiger partial charge in [-0.25, -0.2) is 0 Å². The highest BCUT2D eigenvalue weighted by Crippen LogP contribution is 2.32. The van der Waals surface area contributed by atoms with Gasteiger partial charge >= 0.3 is 0 Å². The van der Waals surface area contributed by atoms with E-state index in [2.05, 4.69) is 39.2 Å². The molecule has 1 spiro atoms. The molecule has 0 radical (unpaired) electrons. The van der Waals surface area contributed by atoms with Crippen molar-refractivity contribution in [1.29, 1.82) is 0 Å². The fourth-order valence-corrected chi connectivity index (χ4v) is 2.63. The van der Waals surface area contributed by atoms with Crippen LogP contribution in [0, 0.1) is 0 Å². The van der Waals surface area contributed by atoms with Gasteiger partial charge in [-0.05, 0) is 13.8 Å². The van der Waals surface area contributed by atoms with Crippen molar-refractivity contribution < 1.29 is 9.47 Å². The molecule has 0 unspecified atom stereocenters. The number of hydrogen-bond acceptors (Lipinski definition) is 7. The van der Waals surface area contributed by atoms with Crippen LogP contribution in [0.5, 0.6) is 0 Å². The van der Waals surface area contributed by atoms with Gasteiger partial charge in [0.15, 0.2) is 11.6 Å². The van der Waals surface area contributed by atoms with Crippen molar-refractivity contribution in [1.82, 2.24) is 15.2 Å². The molecule has 0 aliphatic carbocycles. The number of aromatic nitrogens is 3. The number of hydrogen-bond donors (Lipinski definition) is 1. The van der Waals surface area contributed by atoms with Crippen LogP contribution in [0.25, 0.3) is 0 Å². The minimum atomic E-state index is -0.363. The van der Waals surface area contributed by atoms with Crippen molar-refractivity contribution in [3.63, 3.8) is 0 Å². The third-order valence-corrected chi connectivity index (χ3v) is 3.61. The number of anilines is 2. The van der Waals surface area contributed by atoms with Crippen LogP contribution < -0.4 is 10.2 Å². The molecule has 0 atom stereocenters. The average Bonchev–Trinajstić information content (AvgIpc) is 2.87. The van der Waals surface area contributed by atoms with Crippen molar-refractivity contribution in [2.45, 2.75) is 38.5 Å². The van der Waals surface area contributed by atoms with Gasteiger partial charge in [-0.3, -0.25) is 0 Å². The van der Waals surface area contributed by atoms with E-state index in [-0.39, 0.29) is 5.79 Å². The first-order chi connectivity index (χ1) is 9.67. The molecule has 3 heterocycles. The molecule has 2 aliphatic heterocycles. The fourth-order valence-electron chi connectivity index (χ4n) is 2.63. The number of rotatable bonds is 3. The van der Waals surface area contributed by atoms with E-state index in [0.29, 0.717) is 25.2 Å². The van der Waals surface area contributed by atoms with Gasteiger partial charge in [0.25, 0.3) is 0 Å². The summed E-state index contributed by atoms with van der Waals surface area (Å²) in [6.45, 7) is 7.19. The van der Waals surface area contributed by atoms with Crippen molar-refractivity contribution in [2.24, 2.45) is 0 Å². The average molecular weight is 279 g/mol. The number of nitrogens with zero attached hydrogens (tertiary/aromatic N) is 4. The molecule has 2 fully saturated rings. The van der Waals surface area contributed by atoms with Crippen LogP contribution in [0.15, 0.2) is 6.20 Å². The molecule has 3 rings (SSSR count). The van der Waals surface area contributed by atoms with Crippen LogP contribution >= 0.6 is 0 Å². The lowest BCUT2D eigenvalue weighted by Gasteiger charge is -2.37. The third-order valence-electron chi connectivity index (χ3n) is 3.61. The van der Waals surface area contributed by atoms with E-state index in [9.17, 15) is 0 Å². The molecule has 0 bridgehead atoms. The highest BCUT2D eigenvalue weighted by atomic mass is 16.7. The van der Waals surface area contributed by atoms with E-state index in [0.717, 1.165) is 31.7 Å². The summed E-state index contributed by atoms with van der Waals surface area (Å²) in [6, 6.07) is 0.324. The smallest absolute Gasteiger partial charge is 0.247 e. The number of piperidine rings is 1. The Morgan fingerprint density at radius 1 is 1.25 bits per heavy atom. The number of ether oxygens (including phenoxy) is 2. The van der Waals surface area contributed by atoms with E-state index in [1.54, 1.807) is 6.20 Å². The first kappa shape index (κ1) is 13.5. The molecule has 2 aliphatic rings. The highest BCUT2D eigenvalue weighted by molar-refractivity contribution is 5.39. The van der Waals surface area contributed by atoms with Crippen molar-refractivity contribution in [3.8, 4) is 0 Å². The van der Waals surface area contributed by atoms with Gasteiger partial charge < -0.3 is 19.7 Å². The molecule has 7 nitrogen and oxygen atoms in total. The van der Waals surface area contributed by atoms with Crippen molar-refractivity contribution in [3.05, 3.63) is 6.20 Å². The Bertz CT molecular complexity index is 452. The van der Waals surface area contributed by atoms with Crippen LogP contribution in [0.3, 0.4) is 0 Å². The Morgan fingerprint density at radius 3 is 2.60 bits per heavy atom. The Balaban J connectivity index is 1.65. The summed E-state index contributed by atoms with van der Waals surface area (Å²) in [4.78, 5) is 6.64. The molecule has 1 N–H and O–H groups in total. The van der Waals surface area contributed by atoms with Crippen LogP contribution in [-0.4, -0.2) is 53.3 Å². The molecule has 2 saturated heterocycles. The van der Waals surface area contributed by atoms with Crippen LogP contribution in [0.2, 0.25) is 0 Å². The van der Waals surface area contributed by atoms with E-state index in [1.165, 1.54) is 0 Å². The van der Waals surface area contributed by atoms with Crippen molar-refractivity contribution in [2.75, 3.05) is 36.5 Å². The predicted octanol–water partition coefficient (Wildman–Crippen LogP) is 1.04. The second-order valence-corrected chi connectivity index (χ2v) is 5.54. The van der Waals surface area contributed by atoms with Gasteiger partial charge in [-0.2, -0.15) is 10.1 Å². The summed E-state index contributed by atoms with van der Waals surface area (Å²) in [5, 5.41) is 11.4. The van der Waals surface area contributed by atoms with Crippen LogP contribution in [-0.2, 0) is 9.47 Å². The SMILES string of the molecule is CC(C)Nc1cnnc(N2CCC3(CC2)OCCO3)n1. The molecule has 1 aromatic rings. The van der Waals surface area contributed by atoms with E-state index >= 15 is 0 Å². The second-order valence-electron chi connectivity index (χ2n) is 5.54. The Kier molecular flexibility index (Phi) is 3.71. The lowest BCUT2D eigenvalue weighted by molar-refractivity contribution is -0.169. The summed E-state index contributed by atoms with van der Waals surface area (Å²) < 4.78 is 11.4. The molecular weight excluding hydrogens is 258 g/mol. The monoisotopic (exact) mass is 279 g/mol. The van der Waals surface area contributed by atoms with Crippen LogP contribution in [0.1, 0.15) is 26.7 Å². The standard InChI is InChI=1S/C13H21N5O2/c1-10(2)15-11-9-14-17-12(16-11)18-5-3-13(4-6-18)19-7-8-20-13/h9-10H,3-8H2,1-2H3,(H,15,16,17). The maximum Gasteiger partial charge on any atom is 0.247 e. The van der Waals surface area contributed by atoms with E-state index in [4.69, 9.17) is 9.47 Å². The topological polar surface area (TPSA) is 72.4 Å². The van der Waals surface area contributed by atoms with Gasteiger partial charge in [0.2, 0.25) is 5.95 Å². The normalized spacial score (nSPS) is 21.6. The Morgan fingerprint density at radius 2 is 1.95 bits per heavy atom. The quantitative estimate of drug-likeness (QED) is 0.886. The second kappa shape index (κ2) is 5.49. The van der Waals surface area contributed by atoms with Gasteiger partial charge in [-0.1, -0.05) is 0 Å². The molecule has 0 amide bonds. The molecule has 0 aromatic carbocycles. The molecule has 110 valence electrons. The Hall–Kier alpha value is -1.47. The zero-order valence-corrected chi connectivity index (χ0v) is 12.0. The summed E-state index contributed by atoms with van der Waals surface area (Å²) in [7, 11) is 0. The van der Waals surface area contributed by atoms with E-state index < -0.39 is 0 Å². The number of nitrogens with one attached hydrogen (secondary N) is 1. The molecule has 1 aromatic heterocycles. The third kappa shape index (κ3) is 2.83. The maximum absolute atomic E-state index is 5.72. The zero-order chi connectivity index (χ0) is 14.0. The fraction of sp³-hybridized carbons (Fsp3) is 0.769. The van der Waals surface area contributed by atoms with Crippen molar-refractivity contribution >= 4 is 11.8 Å². The summed E-state index contributed by atoms with van der Waals surface area (Å²) in [5.41, 5.74) is 0. The first-order valence-electron chi connectivity index (χ1n) is 7.16. The highest BCUT2D eigenvalue weighted by Gasteiger charge is 2.40. The Labute approximate surface area is 118 Å². The lowest BCUT2D eigenvalue weighted by Crippen LogP contribution is -2.45. The first-order valence-corrected chi connectivity index (χ1v) is 7.16. The molecule has 0 saturated carbocycles. The minimum absolute atomic E-state index is 0.324. The zero-order valence-electron chi connectivity index (χ0n) is 12.0. The van der Waals surface area contributed by atoms with Crippen LogP contribution in [0.4, 0.5) is 11.8 Å². The largest absolute Gasteiger partial charge is 0.366 e. The molecular formula is C13H21N5O2. The lowest BCUT2D eigenvalue weighted by atomic mass is 10.0. The van der Waals surface area contributed by atoms with Gasteiger partial charge in [0.05, 0.1) is 19.4 Å². The maximum atomic E-state index is 5.72. The molecule has 20 heavy (non-hydrogen) atoms. The van der Waals surface area contributed by atoms with Gasteiger partial charge in [-0.15, -0.1) is 5.10 Å². The minimum Gasteiger partial charge on any atom is -0.366 e. The van der Waals surface area contributed by atoms with E-state index in [1.807, 2.05) is 0 Å². The van der Waals surface area contributed by atoms with Gasteiger partial charge in [0, 0.05) is 32.0 Å². The molecule has 7 heteroatoms. The van der Waals surface area contributed by atoms with Gasteiger partial charge in [0.1, 0.15) is 0 Å². The predicted molar refractivity (Wildman–Crippen MR) is 74.7 cm³/mol.